The fraction of sp³-hybridized carbons (Fsp3) is 0.0870. The number of carbonyl (C=O) groups excluding carboxylic acids is 2. The maximum absolute atomic E-state index is 12.9. The van der Waals surface area contributed by atoms with Gasteiger partial charge in [-0.3, -0.25) is 9.59 Å². The highest BCUT2D eigenvalue weighted by atomic mass is 16.4. The van der Waals surface area contributed by atoms with Crippen LogP contribution in [0.25, 0.3) is 11.1 Å². The summed E-state index contributed by atoms with van der Waals surface area (Å²) in [5.74, 6) is -1.75. The van der Waals surface area contributed by atoms with Crippen molar-refractivity contribution in [3.63, 3.8) is 0 Å². The summed E-state index contributed by atoms with van der Waals surface area (Å²) in [5, 5.41) is 12.2. The summed E-state index contributed by atoms with van der Waals surface area (Å²) in [5.41, 5.74) is 3.39. The van der Waals surface area contributed by atoms with Crippen LogP contribution in [-0.2, 0) is 11.2 Å². The number of hydrogen-bond donors (Lipinski definition) is 2. The van der Waals surface area contributed by atoms with Crippen LogP contribution < -0.4 is 5.32 Å². The number of ketones is 1. The molecule has 0 bridgehead atoms. The molecule has 3 aromatic rings. The van der Waals surface area contributed by atoms with Crippen LogP contribution in [0.3, 0.4) is 0 Å². The van der Waals surface area contributed by atoms with E-state index in [1.165, 1.54) is 0 Å². The minimum absolute atomic E-state index is 0.126. The van der Waals surface area contributed by atoms with E-state index in [0.717, 1.165) is 5.56 Å². The first kappa shape index (κ1) is 17.7. The Labute approximate surface area is 161 Å². The highest BCUT2D eigenvalue weighted by Crippen LogP contribution is 2.38. The van der Waals surface area contributed by atoms with Crippen LogP contribution >= 0.6 is 0 Å². The molecule has 1 amide bonds. The SMILES string of the molecule is O=C(NC(Cc1ccccc1)C(=O)O)c1cccc2c1-c1ccccc1C2=O. The molecule has 1 unspecified atom stereocenters. The van der Waals surface area contributed by atoms with Crippen molar-refractivity contribution >= 4 is 17.7 Å². The lowest BCUT2D eigenvalue weighted by Crippen LogP contribution is -2.42. The van der Waals surface area contributed by atoms with Gasteiger partial charge >= 0.3 is 5.97 Å². The lowest BCUT2D eigenvalue weighted by molar-refractivity contribution is -0.139. The second kappa shape index (κ2) is 7.12. The van der Waals surface area contributed by atoms with E-state index in [1.54, 1.807) is 36.4 Å². The molecule has 0 fully saturated rings. The molecular weight excluding hydrogens is 354 g/mol. The number of carbonyl (C=O) groups is 3. The first-order chi connectivity index (χ1) is 13.6. The second-order valence-corrected chi connectivity index (χ2v) is 6.66. The van der Waals surface area contributed by atoms with Crippen LogP contribution in [0.5, 0.6) is 0 Å². The summed E-state index contributed by atoms with van der Waals surface area (Å²) in [6, 6.07) is 20.1. The summed E-state index contributed by atoms with van der Waals surface area (Å²) in [6.45, 7) is 0. The number of carboxylic acids is 1. The molecule has 0 aromatic heterocycles. The van der Waals surface area contributed by atoms with Crippen LogP contribution in [0.2, 0.25) is 0 Å². The Morgan fingerprint density at radius 1 is 0.821 bits per heavy atom. The third kappa shape index (κ3) is 3.07. The van der Waals surface area contributed by atoms with Gasteiger partial charge in [0.2, 0.25) is 0 Å². The van der Waals surface area contributed by atoms with Gasteiger partial charge in [-0.25, -0.2) is 4.79 Å². The highest BCUT2D eigenvalue weighted by molar-refractivity contribution is 6.24. The Kier molecular flexibility index (Phi) is 4.49. The topological polar surface area (TPSA) is 83.5 Å². The van der Waals surface area contributed by atoms with Crippen molar-refractivity contribution in [3.8, 4) is 11.1 Å². The van der Waals surface area contributed by atoms with E-state index in [4.69, 9.17) is 0 Å². The second-order valence-electron chi connectivity index (χ2n) is 6.66. The number of rotatable bonds is 5. The molecule has 0 radical (unpaired) electrons. The standard InChI is InChI=1S/C23H17NO4/c25-21-16-10-5-4-9-15(16)20-17(21)11-6-12-18(20)22(26)24-19(23(27)28)13-14-7-2-1-3-8-14/h1-12,19H,13H2,(H,24,26)(H,27,28). The average molecular weight is 371 g/mol. The molecule has 3 aromatic carbocycles. The molecule has 2 N–H and O–H groups in total. The van der Waals surface area contributed by atoms with Crippen LogP contribution in [-0.4, -0.2) is 28.8 Å². The molecule has 5 nitrogen and oxygen atoms in total. The van der Waals surface area contributed by atoms with Crippen molar-refractivity contribution in [1.29, 1.82) is 0 Å². The summed E-state index contributed by atoms with van der Waals surface area (Å²) in [7, 11) is 0. The molecule has 0 heterocycles. The van der Waals surface area contributed by atoms with Crippen molar-refractivity contribution < 1.29 is 19.5 Å². The van der Waals surface area contributed by atoms with Crippen molar-refractivity contribution in [3.05, 3.63) is 95.1 Å². The first-order valence-electron chi connectivity index (χ1n) is 8.91. The van der Waals surface area contributed by atoms with Gasteiger partial charge in [-0.1, -0.05) is 66.7 Å². The van der Waals surface area contributed by atoms with Gasteiger partial charge in [-0.2, -0.15) is 0 Å². The predicted octanol–water partition coefficient (Wildman–Crippen LogP) is 3.32. The third-order valence-electron chi connectivity index (χ3n) is 4.88. The number of amides is 1. The first-order valence-corrected chi connectivity index (χ1v) is 8.91. The zero-order valence-electron chi connectivity index (χ0n) is 14.9. The molecule has 0 saturated carbocycles. The lowest BCUT2D eigenvalue weighted by atomic mass is 9.98. The molecule has 5 heteroatoms. The van der Waals surface area contributed by atoms with Crippen molar-refractivity contribution in [2.24, 2.45) is 0 Å². The Morgan fingerprint density at radius 3 is 2.18 bits per heavy atom. The number of nitrogens with one attached hydrogen (secondary N) is 1. The highest BCUT2D eigenvalue weighted by Gasteiger charge is 2.31. The van der Waals surface area contributed by atoms with E-state index < -0.39 is 17.9 Å². The van der Waals surface area contributed by atoms with Gasteiger partial charge in [-0.15, -0.1) is 0 Å². The molecule has 0 spiro atoms. The van der Waals surface area contributed by atoms with Gasteiger partial charge in [0.05, 0.1) is 0 Å². The number of benzene rings is 3. The molecule has 1 aliphatic rings. The molecular formula is C23H17NO4. The molecule has 0 saturated heterocycles. The van der Waals surface area contributed by atoms with E-state index in [0.29, 0.717) is 27.8 Å². The van der Waals surface area contributed by atoms with Crippen molar-refractivity contribution in [2.45, 2.75) is 12.5 Å². The van der Waals surface area contributed by atoms with Crippen LogP contribution in [0.15, 0.2) is 72.8 Å². The maximum Gasteiger partial charge on any atom is 0.326 e. The molecule has 28 heavy (non-hydrogen) atoms. The fourth-order valence-electron chi connectivity index (χ4n) is 3.55. The maximum atomic E-state index is 12.9. The molecule has 4 rings (SSSR count). The van der Waals surface area contributed by atoms with Gasteiger partial charge in [0.25, 0.3) is 5.91 Å². The number of aliphatic carboxylic acids is 1. The zero-order chi connectivity index (χ0) is 19.7. The quantitative estimate of drug-likeness (QED) is 0.564. The van der Waals surface area contributed by atoms with Crippen molar-refractivity contribution in [1.82, 2.24) is 5.32 Å². The van der Waals surface area contributed by atoms with Crippen LogP contribution in [0.1, 0.15) is 31.8 Å². The zero-order valence-corrected chi connectivity index (χ0v) is 14.9. The normalized spacial score (nSPS) is 12.8. The molecule has 0 aliphatic heterocycles. The molecule has 1 aliphatic carbocycles. The third-order valence-corrected chi connectivity index (χ3v) is 4.88. The average Bonchev–Trinajstić information content (AvgIpc) is 3.01. The van der Waals surface area contributed by atoms with Crippen LogP contribution in [0.4, 0.5) is 0 Å². The van der Waals surface area contributed by atoms with Crippen molar-refractivity contribution in [2.75, 3.05) is 0 Å². The van der Waals surface area contributed by atoms with Crippen LogP contribution in [0, 0.1) is 0 Å². The smallest absolute Gasteiger partial charge is 0.326 e. The van der Waals surface area contributed by atoms with E-state index in [1.807, 2.05) is 36.4 Å². The Hall–Kier alpha value is -3.73. The van der Waals surface area contributed by atoms with Gasteiger partial charge in [-0.05, 0) is 17.2 Å². The molecule has 138 valence electrons. The van der Waals surface area contributed by atoms with E-state index in [2.05, 4.69) is 5.32 Å². The summed E-state index contributed by atoms with van der Waals surface area (Å²) in [6.07, 6.45) is 0.173. The Bertz CT molecular complexity index is 1090. The number of fused-ring (bicyclic) bond motifs is 3. The van der Waals surface area contributed by atoms with E-state index >= 15 is 0 Å². The Balaban J connectivity index is 1.67. The molecule has 1 atom stereocenters. The fourth-order valence-corrected chi connectivity index (χ4v) is 3.55. The summed E-state index contributed by atoms with van der Waals surface area (Å²) < 4.78 is 0. The monoisotopic (exact) mass is 371 g/mol. The van der Waals surface area contributed by atoms with Gasteiger partial charge < -0.3 is 10.4 Å². The van der Waals surface area contributed by atoms with Gasteiger partial charge in [0, 0.05) is 28.7 Å². The minimum atomic E-state index is -1.11. The van der Waals surface area contributed by atoms with Gasteiger partial charge in [0.1, 0.15) is 6.04 Å². The van der Waals surface area contributed by atoms with Gasteiger partial charge in [0.15, 0.2) is 5.78 Å². The summed E-state index contributed by atoms with van der Waals surface area (Å²) in [4.78, 5) is 37.2. The lowest BCUT2D eigenvalue weighted by Gasteiger charge is -2.16. The number of carboxylic acid groups (broad SMARTS) is 1. The largest absolute Gasteiger partial charge is 0.480 e. The van der Waals surface area contributed by atoms with E-state index in [-0.39, 0.29) is 12.2 Å². The van der Waals surface area contributed by atoms with E-state index in [9.17, 15) is 19.5 Å². The minimum Gasteiger partial charge on any atom is -0.480 e. The Morgan fingerprint density at radius 2 is 1.46 bits per heavy atom. The summed E-state index contributed by atoms with van der Waals surface area (Å²) >= 11 is 0. The predicted molar refractivity (Wildman–Crippen MR) is 104 cm³/mol. The number of hydrogen-bond acceptors (Lipinski definition) is 3.